The first-order valence-electron chi connectivity index (χ1n) is 3.95. The lowest BCUT2D eigenvalue weighted by atomic mass is 10.3. The van der Waals surface area contributed by atoms with Crippen LogP contribution in [0.15, 0.2) is 0 Å². The highest BCUT2D eigenvalue weighted by Gasteiger charge is 2.28. The topological polar surface area (TPSA) is 67.4 Å². The van der Waals surface area contributed by atoms with Crippen LogP contribution in [-0.4, -0.2) is 37.9 Å². The molecule has 1 unspecified atom stereocenters. The van der Waals surface area contributed by atoms with E-state index in [1.54, 1.807) is 5.32 Å². The van der Waals surface area contributed by atoms with E-state index in [0.717, 1.165) is 7.11 Å². The number of halogens is 3. The maximum atomic E-state index is 11.6. The van der Waals surface area contributed by atoms with Gasteiger partial charge in [-0.25, -0.2) is 9.59 Å². The average molecular weight is 228 g/mol. The van der Waals surface area contributed by atoms with Gasteiger partial charge in [0.25, 0.3) is 0 Å². The number of carbonyl (C=O) groups excluding carboxylic acids is 2. The lowest BCUT2D eigenvalue weighted by Crippen LogP contribution is -2.47. The maximum absolute atomic E-state index is 11.6. The van der Waals surface area contributed by atoms with Crippen molar-refractivity contribution in [2.24, 2.45) is 0 Å². The molecule has 0 rings (SSSR count). The van der Waals surface area contributed by atoms with Crippen LogP contribution in [-0.2, 0) is 9.53 Å². The number of carbonyl (C=O) groups is 2. The Balaban J connectivity index is 3.89. The third-order valence-electron chi connectivity index (χ3n) is 1.35. The normalized spacial score (nSPS) is 12.9. The molecule has 2 amide bonds. The minimum atomic E-state index is -4.48. The Morgan fingerprint density at radius 3 is 2.33 bits per heavy atom. The molecule has 0 fully saturated rings. The van der Waals surface area contributed by atoms with Crippen LogP contribution in [0.5, 0.6) is 0 Å². The molecule has 0 saturated heterocycles. The molecule has 0 spiro atoms. The second-order valence-corrected chi connectivity index (χ2v) is 2.69. The van der Waals surface area contributed by atoms with Crippen LogP contribution < -0.4 is 10.6 Å². The molecular weight excluding hydrogens is 217 g/mol. The molecule has 8 heteroatoms. The van der Waals surface area contributed by atoms with Gasteiger partial charge in [-0.05, 0) is 6.92 Å². The van der Waals surface area contributed by atoms with Crippen molar-refractivity contribution in [3.63, 3.8) is 0 Å². The van der Waals surface area contributed by atoms with Gasteiger partial charge in [-0.3, -0.25) is 0 Å². The van der Waals surface area contributed by atoms with Gasteiger partial charge in [0.15, 0.2) is 0 Å². The number of alkyl halides is 3. The molecule has 0 bridgehead atoms. The van der Waals surface area contributed by atoms with E-state index in [1.165, 1.54) is 6.92 Å². The van der Waals surface area contributed by atoms with Gasteiger partial charge >= 0.3 is 18.2 Å². The van der Waals surface area contributed by atoms with E-state index >= 15 is 0 Å². The summed E-state index contributed by atoms with van der Waals surface area (Å²) in [4.78, 5) is 21.6. The molecule has 0 saturated carbocycles. The van der Waals surface area contributed by atoms with Crippen LogP contribution in [0.25, 0.3) is 0 Å². The number of hydrogen-bond acceptors (Lipinski definition) is 3. The lowest BCUT2D eigenvalue weighted by Gasteiger charge is -2.13. The monoisotopic (exact) mass is 228 g/mol. The van der Waals surface area contributed by atoms with Gasteiger partial charge in [-0.1, -0.05) is 0 Å². The zero-order valence-corrected chi connectivity index (χ0v) is 8.14. The third-order valence-corrected chi connectivity index (χ3v) is 1.35. The van der Waals surface area contributed by atoms with Gasteiger partial charge in [0.05, 0.1) is 7.11 Å². The fourth-order valence-electron chi connectivity index (χ4n) is 0.664. The summed E-state index contributed by atoms with van der Waals surface area (Å²) in [5.74, 6) is -0.739. The second-order valence-electron chi connectivity index (χ2n) is 2.69. The zero-order valence-electron chi connectivity index (χ0n) is 8.14. The number of rotatable bonds is 3. The Kier molecular flexibility index (Phi) is 4.89. The molecule has 15 heavy (non-hydrogen) atoms. The molecule has 0 aromatic heterocycles. The molecule has 0 aromatic carbocycles. The molecule has 5 nitrogen and oxygen atoms in total. The van der Waals surface area contributed by atoms with Crippen LogP contribution in [0, 0.1) is 0 Å². The number of urea groups is 1. The Labute approximate surface area is 84.0 Å². The molecule has 2 N–H and O–H groups in total. The Morgan fingerprint density at radius 2 is 1.93 bits per heavy atom. The highest BCUT2D eigenvalue weighted by atomic mass is 19.4. The predicted molar refractivity (Wildman–Crippen MR) is 44.1 cm³/mol. The summed E-state index contributed by atoms with van der Waals surface area (Å²) in [5, 5.41) is 3.53. The molecule has 0 aliphatic rings. The molecule has 0 aliphatic carbocycles. The summed E-state index contributed by atoms with van der Waals surface area (Å²) in [6.07, 6.45) is -4.48. The standard InChI is InChI=1S/C7H11F3N2O3/c1-4(5(13)15-2)12-6(14)11-3-7(8,9)10/h4H,3H2,1-2H3,(H2,11,12,14). The first-order valence-corrected chi connectivity index (χ1v) is 3.95. The van der Waals surface area contributed by atoms with E-state index in [0.29, 0.717) is 0 Å². The van der Waals surface area contributed by atoms with E-state index in [1.807, 2.05) is 5.32 Å². The first-order chi connectivity index (χ1) is 6.76. The number of amides is 2. The number of hydrogen-bond donors (Lipinski definition) is 2. The zero-order chi connectivity index (χ0) is 12.1. The quantitative estimate of drug-likeness (QED) is 0.687. The van der Waals surface area contributed by atoms with E-state index in [2.05, 4.69) is 4.74 Å². The van der Waals surface area contributed by atoms with Crippen LogP contribution in [0.2, 0.25) is 0 Å². The van der Waals surface area contributed by atoms with Gasteiger partial charge in [0, 0.05) is 0 Å². The van der Waals surface area contributed by atoms with Crippen molar-refractivity contribution in [3.8, 4) is 0 Å². The molecule has 88 valence electrons. The number of ether oxygens (including phenoxy) is 1. The summed E-state index contributed by atoms with van der Waals surface area (Å²) < 4.78 is 39.2. The molecule has 0 aliphatic heterocycles. The molecule has 0 heterocycles. The van der Waals surface area contributed by atoms with Gasteiger partial charge in [0.2, 0.25) is 0 Å². The van der Waals surface area contributed by atoms with Gasteiger partial charge < -0.3 is 15.4 Å². The minimum Gasteiger partial charge on any atom is -0.467 e. The average Bonchev–Trinajstić information content (AvgIpc) is 2.12. The van der Waals surface area contributed by atoms with E-state index in [4.69, 9.17) is 0 Å². The van der Waals surface area contributed by atoms with Crippen molar-refractivity contribution in [3.05, 3.63) is 0 Å². The van der Waals surface area contributed by atoms with Crippen molar-refractivity contribution in [2.75, 3.05) is 13.7 Å². The highest BCUT2D eigenvalue weighted by molar-refractivity contribution is 5.83. The van der Waals surface area contributed by atoms with E-state index in [-0.39, 0.29) is 0 Å². The van der Waals surface area contributed by atoms with Gasteiger partial charge in [-0.15, -0.1) is 0 Å². The smallest absolute Gasteiger partial charge is 0.405 e. The number of nitrogens with one attached hydrogen (secondary N) is 2. The van der Waals surface area contributed by atoms with Crippen LogP contribution in [0.1, 0.15) is 6.92 Å². The van der Waals surface area contributed by atoms with Gasteiger partial charge in [-0.2, -0.15) is 13.2 Å². The van der Waals surface area contributed by atoms with Crippen molar-refractivity contribution >= 4 is 12.0 Å². The highest BCUT2D eigenvalue weighted by Crippen LogP contribution is 2.11. The summed E-state index contributed by atoms with van der Waals surface area (Å²) in [7, 11) is 1.11. The van der Waals surface area contributed by atoms with Crippen LogP contribution >= 0.6 is 0 Å². The summed E-state index contributed by atoms with van der Waals surface area (Å²) in [6.45, 7) is -0.161. The third kappa shape index (κ3) is 6.58. The summed E-state index contributed by atoms with van der Waals surface area (Å²) in [6, 6.07) is -2.08. The van der Waals surface area contributed by atoms with Crippen LogP contribution in [0.4, 0.5) is 18.0 Å². The minimum absolute atomic E-state index is 0.739. The van der Waals surface area contributed by atoms with Crippen LogP contribution in [0.3, 0.4) is 0 Å². The fourth-order valence-corrected chi connectivity index (χ4v) is 0.664. The van der Waals surface area contributed by atoms with E-state index in [9.17, 15) is 22.8 Å². The summed E-state index contributed by atoms with van der Waals surface area (Å²) in [5.41, 5.74) is 0. The number of methoxy groups -OCH3 is 1. The molecule has 0 radical (unpaired) electrons. The molecule has 0 aromatic rings. The Bertz CT molecular complexity index is 242. The maximum Gasteiger partial charge on any atom is 0.405 e. The van der Waals surface area contributed by atoms with E-state index < -0.39 is 30.8 Å². The SMILES string of the molecule is COC(=O)C(C)NC(=O)NCC(F)(F)F. The molecule has 1 atom stereocenters. The molecular formula is C7H11F3N2O3. The van der Waals surface area contributed by atoms with Crippen molar-refractivity contribution in [1.29, 1.82) is 0 Å². The Hall–Kier alpha value is -1.47. The summed E-state index contributed by atoms with van der Waals surface area (Å²) >= 11 is 0. The number of esters is 1. The predicted octanol–water partition coefficient (Wildman–Crippen LogP) is 0.409. The van der Waals surface area contributed by atoms with Crippen molar-refractivity contribution in [1.82, 2.24) is 10.6 Å². The Morgan fingerprint density at radius 1 is 1.40 bits per heavy atom. The van der Waals surface area contributed by atoms with Crippen molar-refractivity contribution in [2.45, 2.75) is 19.1 Å². The van der Waals surface area contributed by atoms with Crippen molar-refractivity contribution < 1.29 is 27.5 Å². The largest absolute Gasteiger partial charge is 0.467 e. The lowest BCUT2D eigenvalue weighted by molar-refractivity contribution is -0.142. The fraction of sp³-hybridized carbons (Fsp3) is 0.714. The first kappa shape index (κ1) is 13.5. The van der Waals surface area contributed by atoms with Gasteiger partial charge in [0.1, 0.15) is 12.6 Å². The second kappa shape index (κ2) is 5.42.